The molecule has 0 saturated heterocycles. The lowest BCUT2D eigenvalue weighted by Gasteiger charge is -2.34. The van der Waals surface area contributed by atoms with Gasteiger partial charge in [-0.05, 0) is 44.1 Å². The third-order valence-electron chi connectivity index (χ3n) is 4.73. The molecular formula is C15H24O3. The lowest BCUT2D eigenvalue weighted by Crippen LogP contribution is -2.41. The van der Waals surface area contributed by atoms with Gasteiger partial charge in [0.15, 0.2) is 5.78 Å². The highest BCUT2D eigenvalue weighted by Crippen LogP contribution is 2.49. The van der Waals surface area contributed by atoms with E-state index in [2.05, 4.69) is 0 Å². The van der Waals surface area contributed by atoms with E-state index >= 15 is 0 Å². The van der Waals surface area contributed by atoms with Crippen molar-refractivity contribution in [2.24, 2.45) is 17.8 Å². The summed E-state index contributed by atoms with van der Waals surface area (Å²) in [7, 11) is 0. The van der Waals surface area contributed by atoms with Crippen molar-refractivity contribution in [2.45, 2.75) is 58.2 Å². The third kappa shape index (κ3) is 2.14. The lowest BCUT2D eigenvalue weighted by atomic mass is 9.77. The van der Waals surface area contributed by atoms with E-state index in [0.29, 0.717) is 6.42 Å². The average molecular weight is 252 g/mol. The van der Waals surface area contributed by atoms with Gasteiger partial charge in [0, 0.05) is 12.3 Å². The maximum atomic E-state index is 12.2. The van der Waals surface area contributed by atoms with Crippen LogP contribution in [0.1, 0.15) is 47.0 Å². The molecule has 1 saturated carbocycles. The highest BCUT2D eigenvalue weighted by Gasteiger charge is 2.52. The van der Waals surface area contributed by atoms with Crippen LogP contribution < -0.4 is 0 Å². The number of allylic oxidation sites excluding steroid dienone is 1. The molecule has 0 radical (unpaired) electrons. The highest BCUT2D eigenvalue weighted by molar-refractivity contribution is 5.96. The van der Waals surface area contributed by atoms with Gasteiger partial charge in [-0.25, -0.2) is 0 Å². The molecule has 18 heavy (non-hydrogen) atoms. The molecule has 2 aliphatic carbocycles. The van der Waals surface area contributed by atoms with Crippen molar-refractivity contribution in [3.63, 3.8) is 0 Å². The van der Waals surface area contributed by atoms with Gasteiger partial charge >= 0.3 is 0 Å². The van der Waals surface area contributed by atoms with Gasteiger partial charge in [-0.2, -0.15) is 0 Å². The summed E-state index contributed by atoms with van der Waals surface area (Å²) in [5, 5.41) is 21.0. The van der Waals surface area contributed by atoms with Crippen LogP contribution in [-0.4, -0.2) is 27.2 Å². The summed E-state index contributed by atoms with van der Waals surface area (Å²) in [6.07, 6.45) is 3.58. The molecule has 0 aromatic rings. The van der Waals surface area contributed by atoms with Gasteiger partial charge in [-0.1, -0.05) is 19.9 Å². The summed E-state index contributed by atoms with van der Waals surface area (Å²) in [5.74, 6) is 0.0349. The van der Waals surface area contributed by atoms with E-state index in [9.17, 15) is 15.0 Å². The topological polar surface area (TPSA) is 57.5 Å². The van der Waals surface area contributed by atoms with Crippen molar-refractivity contribution in [3.8, 4) is 0 Å². The Balaban J connectivity index is 2.47. The quantitative estimate of drug-likeness (QED) is 0.751. The van der Waals surface area contributed by atoms with Gasteiger partial charge in [0.2, 0.25) is 0 Å². The van der Waals surface area contributed by atoms with E-state index in [0.717, 1.165) is 12.0 Å². The summed E-state index contributed by atoms with van der Waals surface area (Å²) in [5.41, 5.74) is -1.04. The fourth-order valence-corrected chi connectivity index (χ4v) is 3.58. The molecule has 2 aliphatic rings. The van der Waals surface area contributed by atoms with Crippen molar-refractivity contribution in [3.05, 3.63) is 11.6 Å². The number of ketones is 1. The number of carbonyl (C=O) groups excluding carboxylic acids is 1. The van der Waals surface area contributed by atoms with Crippen LogP contribution in [0.25, 0.3) is 0 Å². The monoisotopic (exact) mass is 252 g/mol. The first-order valence-electron chi connectivity index (χ1n) is 6.85. The second-order valence-corrected chi connectivity index (χ2v) is 6.76. The molecule has 2 N–H and O–H groups in total. The Morgan fingerprint density at radius 1 is 1.28 bits per heavy atom. The first-order valence-corrected chi connectivity index (χ1v) is 6.85. The molecule has 0 unspecified atom stereocenters. The zero-order valence-corrected chi connectivity index (χ0v) is 11.7. The zero-order valence-electron chi connectivity index (χ0n) is 11.7. The molecular weight excluding hydrogens is 228 g/mol. The number of hydrogen-bond acceptors (Lipinski definition) is 3. The van der Waals surface area contributed by atoms with Crippen LogP contribution in [0.5, 0.6) is 0 Å². The Hall–Kier alpha value is -0.670. The van der Waals surface area contributed by atoms with Gasteiger partial charge < -0.3 is 10.2 Å². The molecule has 0 heterocycles. The molecule has 0 aromatic heterocycles. The van der Waals surface area contributed by atoms with Gasteiger partial charge in [0.1, 0.15) is 0 Å². The number of fused-ring (bicyclic) bond motifs is 1. The summed E-state index contributed by atoms with van der Waals surface area (Å²) in [6.45, 7) is 7.53. The average Bonchev–Trinajstić information content (AvgIpc) is 2.43. The third-order valence-corrected chi connectivity index (χ3v) is 4.73. The second kappa shape index (κ2) is 4.17. The standard InChI is InChI=1S/C15H24O3/c1-9(2)10-7-12-11(5-6-14(12,3)17)15(4,18)8-13(10)16/h7,9,11-12,17-18H,5-6,8H2,1-4H3/t11-,12+,14+,15-/m1/s1. The van der Waals surface area contributed by atoms with Gasteiger partial charge in [0.25, 0.3) is 0 Å². The zero-order chi connectivity index (χ0) is 13.7. The number of aliphatic hydroxyl groups is 2. The number of Topliss-reactive ketones (excluding diaryl/α,β-unsaturated/α-hetero) is 1. The van der Waals surface area contributed by atoms with Crippen LogP contribution in [-0.2, 0) is 4.79 Å². The summed E-state index contributed by atoms with van der Waals surface area (Å²) >= 11 is 0. The van der Waals surface area contributed by atoms with E-state index in [1.807, 2.05) is 26.8 Å². The van der Waals surface area contributed by atoms with E-state index in [-0.39, 0.29) is 30.0 Å². The van der Waals surface area contributed by atoms with Crippen LogP contribution in [0, 0.1) is 17.8 Å². The summed E-state index contributed by atoms with van der Waals surface area (Å²) < 4.78 is 0. The fraction of sp³-hybridized carbons (Fsp3) is 0.800. The number of hydrogen-bond donors (Lipinski definition) is 2. The Bertz CT molecular complexity index is 391. The first-order chi connectivity index (χ1) is 8.15. The van der Waals surface area contributed by atoms with Gasteiger partial charge in [-0.15, -0.1) is 0 Å². The molecule has 2 rings (SSSR count). The summed E-state index contributed by atoms with van der Waals surface area (Å²) in [6, 6.07) is 0. The SMILES string of the molecule is CC(C)C1=C[C@H]2[C@@H](CC[C@]2(C)O)[C@](C)(O)CC1=O. The second-order valence-electron chi connectivity index (χ2n) is 6.76. The number of rotatable bonds is 1. The Kier molecular flexibility index (Phi) is 3.19. The predicted molar refractivity (Wildman–Crippen MR) is 70.0 cm³/mol. The molecule has 0 aliphatic heterocycles. The van der Waals surface area contributed by atoms with Crippen LogP contribution in [0.15, 0.2) is 11.6 Å². The van der Waals surface area contributed by atoms with Gasteiger partial charge in [0.05, 0.1) is 11.2 Å². The van der Waals surface area contributed by atoms with Crippen molar-refractivity contribution in [1.82, 2.24) is 0 Å². The Morgan fingerprint density at radius 3 is 2.44 bits per heavy atom. The highest BCUT2D eigenvalue weighted by atomic mass is 16.3. The van der Waals surface area contributed by atoms with E-state index in [4.69, 9.17) is 0 Å². The molecule has 3 nitrogen and oxygen atoms in total. The Labute approximate surface area is 109 Å². The van der Waals surface area contributed by atoms with Crippen molar-refractivity contribution >= 4 is 5.78 Å². The van der Waals surface area contributed by atoms with E-state index < -0.39 is 11.2 Å². The van der Waals surface area contributed by atoms with Gasteiger partial charge in [-0.3, -0.25) is 4.79 Å². The minimum Gasteiger partial charge on any atom is -0.390 e. The van der Waals surface area contributed by atoms with Crippen LogP contribution in [0.2, 0.25) is 0 Å². The molecule has 102 valence electrons. The van der Waals surface area contributed by atoms with Crippen molar-refractivity contribution < 1.29 is 15.0 Å². The maximum absolute atomic E-state index is 12.2. The van der Waals surface area contributed by atoms with Crippen LogP contribution >= 0.6 is 0 Å². The summed E-state index contributed by atoms with van der Waals surface area (Å²) in [4.78, 5) is 12.2. The van der Waals surface area contributed by atoms with Crippen LogP contribution in [0.4, 0.5) is 0 Å². The molecule has 0 spiro atoms. The molecule has 4 atom stereocenters. The maximum Gasteiger partial charge on any atom is 0.161 e. The first kappa shape index (κ1) is 13.8. The molecule has 1 fully saturated rings. The van der Waals surface area contributed by atoms with E-state index in [1.54, 1.807) is 6.92 Å². The largest absolute Gasteiger partial charge is 0.390 e. The molecule has 3 heteroatoms. The van der Waals surface area contributed by atoms with Crippen LogP contribution in [0.3, 0.4) is 0 Å². The lowest BCUT2D eigenvalue weighted by molar-refractivity contribution is -0.122. The fourth-order valence-electron chi connectivity index (χ4n) is 3.58. The normalized spacial score (nSPS) is 44.8. The minimum atomic E-state index is -1.00. The minimum absolute atomic E-state index is 0.0206. The molecule has 0 aromatic carbocycles. The molecule has 0 bridgehead atoms. The number of carbonyl (C=O) groups is 1. The predicted octanol–water partition coefficient (Wildman–Crippen LogP) is 2.07. The van der Waals surface area contributed by atoms with E-state index in [1.165, 1.54) is 0 Å². The Morgan fingerprint density at radius 2 is 1.89 bits per heavy atom. The van der Waals surface area contributed by atoms with Crippen molar-refractivity contribution in [1.29, 1.82) is 0 Å². The van der Waals surface area contributed by atoms with Crippen molar-refractivity contribution in [2.75, 3.05) is 0 Å². The molecule has 0 amide bonds. The smallest absolute Gasteiger partial charge is 0.161 e.